The Morgan fingerprint density at radius 2 is 1.25 bits per heavy atom. The fourth-order valence-electron chi connectivity index (χ4n) is 2.27. The number of esters is 1. The predicted octanol–water partition coefficient (Wildman–Crippen LogP) is 4.90. The molecule has 0 spiro atoms. The van der Waals surface area contributed by atoms with E-state index < -0.39 is 8.80 Å². The van der Waals surface area contributed by atoms with E-state index in [2.05, 4.69) is 27.4 Å². The van der Waals surface area contributed by atoms with Gasteiger partial charge < -0.3 is 22.8 Å². The van der Waals surface area contributed by atoms with Crippen molar-refractivity contribution in [1.29, 1.82) is 0 Å². The molecule has 166 valence electrons. The smallest absolute Gasteiger partial charge is 0.460 e. The molecule has 0 aromatic rings. The zero-order valence-corrected chi connectivity index (χ0v) is 19.6. The Balaban J connectivity index is 4.43. The van der Waals surface area contributed by atoms with E-state index in [0.717, 1.165) is 51.0 Å². The summed E-state index contributed by atoms with van der Waals surface area (Å²) >= 11 is 0. The Kier molecular flexibility index (Phi) is 17.8. The van der Waals surface area contributed by atoms with Gasteiger partial charge in [0.2, 0.25) is 0 Å². The first-order valence-electron chi connectivity index (χ1n) is 10.8. The van der Waals surface area contributed by atoms with Crippen LogP contribution in [0.5, 0.6) is 0 Å². The molecule has 0 heterocycles. The number of hydrogen-bond acceptors (Lipinski definition) is 6. The second-order valence-corrected chi connectivity index (χ2v) is 9.65. The van der Waals surface area contributed by atoms with E-state index in [-0.39, 0.29) is 12.6 Å². The fraction of sp³-hybridized carbons (Fsp3) is 0.857. The first-order valence-corrected chi connectivity index (χ1v) is 12.8. The van der Waals surface area contributed by atoms with Gasteiger partial charge in [0, 0.05) is 38.0 Å². The Morgan fingerprint density at radius 1 is 0.750 bits per heavy atom. The van der Waals surface area contributed by atoms with E-state index in [1.54, 1.807) is 6.92 Å². The summed E-state index contributed by atoms with van der Waals surface area (Å²) < 4.78 is 29.2. The second-order valence-electron chi connectivity index (χ2n) is 6.92. The maximum atomic E-state index is 11.3. The molecule has 7 heteroatoms. The highest BCUT2D eigenvalue weighted by Crippen LogP contribution is 2.20. The molecule has 6 nitrogen and oxygen atoms in total. The Morgan fingerprint density at radius 3 is 1.68 bits per heavy atom. The van der Waals surface area contributed by atoms with Crippen molar-refractivity contribution in [3.8, 4) is 0 Å². The van der Waals surface area contributed by atoms with Crippen molar-refractivity contribution in [2.24, 2.45) is 0 Å². The van der Waals surface area contributed by atoms with Crippen LogP contribution < -0.4 is 0 Å². The highest BCUT2D eigenvalue weighted by Gasteiger charge is 2.40. The molecule has 28 heavy (non-hydrogen) atoms. The summed E-state index contributed by atoms with van der Waals surface area (Å²) in [4.78, 5) is 11.3. The van der Waals surface area contributed by atoms with Crippen molar-refractivity contribution in [2.45, 2.75) is 78.7 Å². The van der Waals surface area contributed by atoms with Crippen molar-refractivity contribution in [3.05, 3.63) is 12.2 Å². The van der Waals surface area contributed by atoms with E-state index in [9.17, 15) is 4.79 Å². The Hall–Kier alpha value is -0.733. The van der Waals surface area contributed by atoms with Gasteiger partial charge in [0.25, 0.3) is 0 Å². The van der Waals surface area contributed by atoms with Crippen molar-refractivity contribution < 1.29 is 27.5 Å². The number of carbonyl (C=O) groups excluding carboxylic acids is 1. The molecule has 0 aliphatic heterocycles. The molecule has 0 unspecified atom stereocenters. The molecule has 0 saturated heterocycles. The third-order valence-corrected chi connectivity index (χ3v) is 6.94. The van der Waals surface area contributed by atoms with Crippen molar-refractivity contribution >= 4 is 14.8 Å². The van der Waals surface area contributed by atoms with E-state index in [1.807, 2.05) is 0 Å². The molecule has 0 N–H and O–H groups in total. The quantitative estimate of drug-likeness (QED) is 0.121. The molecule has 0 aliphatic rings. The lowest BCUT2D eigenvalue weighted by molar-refractivity contribution is -0.140. The van der Waals surface area contributed by atoms with Crippen molar-refractivity contribution in [3.63, 3.8) is 0 Å². The normalized spacial score (nSPS) is 11.6. The highest BCUT2D eigenvalue weighted by molar-refractivity contribution is 6.60. The van der Waals surface area contributed by atoms with Crippen LogP contribution in [0.4, 0.5) is 0 Å². The number of rotatable bonds is 20. The standard InChI is InChI=1S/C21H42O6Si/c1-6-9-14-25-28(26-15-10-7-2,27-16-11-8-3)19-12-13-23-17-18-24-21(22)20(4)5/h4,6-19H2,1-3,5H3. The maximum Gasteiger partial charge on any atom is 0.501 e. The SMILES string of the molecule is C=C(C)C(=O)OCCOCCC[Si](OCCCC)(OCCCC)OCCCC. The van der Waals surface area contributed by atoms with Crippen LogP contribution in [0, 0.1) is 0 Å². The molecule has 0 bridgehead atoms. The predicted molar refractivity (Wildman–Crippen MR) is 114 cm³/mol. The maximum absolute atomic E-state index is 11.3. The van der Waals surface area contributed by atoms with Gasteiger partial charge >= 0.3 is 14.8 Å². The molecule has 0 aromatic carbocycles. The summed E-state index contributed by atoms with van der Waals surface area (Å²) in [6, 6.07) is 0.746. The summed E-state index contributed by atoms with van der Waals surface area (Å²) in [7, 11) is -2.69. The third-order valence-electron chi connectivity index (χ3n) is 4.04. The van der Waals surface area contributed by atoms with E-state index in [4.69, 9.17) is 22.8 Å². The van der Waals surface area contributed by atoms with Crippen LogP contribution in [0.15, 0.2) is 12.2 Å². The number of ether oxygens (including phenoxy) is 2. The zero-order chi connectivity index (χ0) is 21.1. The lowest BCUT2D eigenvalue weighted by Gasteiger charge is -2.30. The largest absolute Gasteiger partial charge is 0.501 e. The van der Waals surface area contributed by atoms with Gasteiger partial charge in [-0.25, -0.2) is 4.79 Å². The minimum Gasteiger partial charge on any atom is -0.460 e. The van der Waals surface area contributed by atoms with Crippen molar-refractivity contribution in [1.82, 2.24) is 0 Å². The lowest BCUT2D eigenvalue weighted by Crippen LogP contribution is -2.46. The summed E-state index contributed by atoms with van der Waals surface area (Å²) in [5, 5.41) is 0. The van der Waals surface area contributed by atoms with Gasteiger partial charge in [0.15, 0.2) is 0 Å². The topological polar surface area (TPSA) is 63.2 Å². The number of unbranched alkanes of at least 4 members (excludes halogenated alkanes) is 3. The third kappa shape index (κ3) is 14.3. The fourth-order valence-corrected chi connectivity index (χ4v) is 4.89. The van der Waals surface area contributed by atoms with Crippen LogP contribution >= 0.6 is 0 Å². The lowest BCUT2D eigenvalue weighted by atomic mass is 10.4. The van der Waals surface area contributed by atoms with Crippen LogP contribution in [0.1, 0.15) is 72.6 Å². The van der Waals surface area contributed by atoms with Gasteiger partial charge in [0.05, 0.1) is 6.61 Å². The zero-order valence-electron chi connectivity index (χ0n) is 18.6. The van der Waals surface area contributed by atoms with Crippen LogP contribution in [0.25, 0.3) is 0 Å². The Bertz CT molecular complexity index is 376. The minimum absolute atomic E-state index is 0.237. The van der Waals surface area contributed by atoms with Gasteiger partial charge in [0.1, 0.15) is 6.61 Å². The van der Waals surface area contributed by atoms with E-state index in [1.165, 1.54) is 0 Å². The minimum atomic E-state index is -2.69. The molecular weight excluding hydrogens is 376 g/mol. The first kappa shape index (κ1) is 27.3. The Labute approximate surface area is 173 Å². The van der Waals surface area contributed by atoms with Crippen molar-refractivity contribution in [2.75, 3.05) is 39.6 Å². The van der Waals surface area contributed by atoms with Gasteiger partial charge in [-0.2, -0.15) is 0 Å². The van der Waals surface area contributed by atoms with Crippen LogP contribution in [0.2, 0.25) is 6.04 Å². The van der Waals surface area contributed by atoms with E-state index >= 15 is 0 Å². The molecule has 0 amide bonds. The molecule has 0 radical (unpaired) electrons. The average molecular weight is 419 g/mol. The molecule has 0 aliphatic carbocycles. The second kappa shape index (κ2) is 18.3. The first-order chi connectivity index (χ1) is 13.5. The summed E-state index contributed by atoms with van der Waals surface area (Å²) in [6.07, 6.45) is 7.07. The van der Waals surface area contributed by atoms with Crippen LogP contribution in [0.3, 0.4) is 0 Å². The molecule has 0 atom stereocenters. The monoisotopic (exact) mass is 418 g/mol. The van der Waals surface area contributed by atoms with Gasteiger partial charge in [-0.3, -0.25) is 0 Å². The molecule has 0 rings (SSSR count). The molecule has 0 saturated carbocycles. The molecular formula is C21H42O6Si. The average Bonchev–Trinajstić information content (AvgIpc) is 2.67. The summed E-state index contributed by atoms with van der Waals surface area (Å²) in [6.45, 7) is 14.8. The van der Waals surface area contributed by atoms with E-state index in [0.29, 0.717) is 38.6 Å². The van der Waals surface area contributed by atoms with Gasteiger partial charge in [-0.1, -0.05) is 46.6 Å². The van der Waals surface area contributed by atoms with Gasteiger partial charge in [-0.05, 0) is 32.6 Å². The summed E-state index contributed by atoms with van der Waals surface area (Å²) in [5.41, 5.74) is 0.397. The molecule has 0 fully saturated rings. The van der Waals surface area contributed by atoms with Crippen LogP contribution in [-0.4, -0.2) is 54.4 Å². The number of carbonyl (C=O) groups is 1. The number of hydrogen-bond donors (Lipinski definition) is 0. The summed E-state index contributed by atoms with van der Waals surface area (Å²) in [5.74, 6) is -0.381. The van der Waals surface area contributed by atoms with Crippen LogP contribution in [-0.2, 0) is 27.5 Å². The molecule has 0 aromatic heterocycles. The van der Waals surface area contributed by atoms with Gasteiger partial charge in [-0.15, -0.1) is 0 Å². The highest BCUT2D eigenvalue weighted by atomic mass is 28.4.